The fourth-order valence-corrected chi connectivity index (χ4v) is 1.93. The highest BCUT2D eigenvalue weighted by Gasteiger charge is 2.13. The van der Waals surface area contributed by atoms with E-state index in [1.54, 1.807) is 6.07 Å². The lowest BCUT2D eigenvalue weighted by atomic mass is 10.4. The third kappa shape index (κ3) is 3.50. The molecule has 19 heavy (non-hydrogen) atoms. The minimum absolute atomic E-state index is 0.0732. The molecule has 0 spiro atoms. The van der Waals surface area contributed by atoms with Crippen molar-refractivity contribution in [2.24, 2.45) is 5.10 Å². The van der Waals surface area contributed by atoms with Gasteiger partial charge in [-0.1, -0.05) is 0 Å². The van der Waals surface area contributed by atoms with Crippen molar-refractivity contribution in [3.63, 3.8) is 0 Å². The zero-order chi connectivity index (χ0) is 13.8. The maximum atomic E-state index is 10.8. The largest absolute Gasteiger partial charge is 0.448 e. The number of hydrazone groups is 1. The molecular weight excluding hydrogens is 431 g/mol. The molecule has 0 fully saturated rings. The molecule has 0 aliphatic carbocycles. The molecule has 0 atom stereocenters. The molecule has 9 heteroatoms. The Morgan fingerprint density at radius 3 is 3.05 bits per heavy atom. The van der Waals surface area contributed by atoms with E-state index in [9.17, 15) is 10.1 Å². The molecule has 0 bridgehead atoms. The van der Waals surface area contributed by atoms with Gasteiger partial charge in [0.1, 0.15) is 5.76 Å². The lowest BCUT2D eigenvalue weighted by molar-refractivity contribution is -0.384. The number of furan rings is 1. The van der Waals surface area contributed by atoms with E-state index in [-0.39, 0.29) is 11.5 Å². The van der Waals surface area contributed by atoms with Gasteiger partial charge >= 0.3 is 5.69 Å². The van der Waals surface area contributed by atoms with Crippen LogP contribution in [0.4, 0.5) is 11.5 Å². The number of rotatable bonds is 4. The Balaban J connectivity index is 2.12. The second kappa shape index (κ2) is 6.10. The van der Waals surface area contributed by atoms with Gasteiger partial charge in [0, 0.05) is 40.9 Å². The van der Waals surface area contributed by atoms with Crippen LogP contribution in [-0.4, -0.2) is 16.1 Å². The van der Waals surface area contributed by atoms with Gasteiger partial charge in [-0.3, -0.25) is 15.5 Å². The molecule has 0 unspecified atom stereocenters. The SMILES string of the molecule is O=[N+]([O-])c1cccnc1NN=Cc1cc(Br)c(I)o1. The first-order valence-corrected chi connectivity index (χ1v) is 6.78. The molecule has 2 rings (SSSR count). The first-order valence-electron chi connectivity index (χ1n) is 4.91. The lowest BCUT2D eigenvalue weighted by Gasteiger charge is -1.98. The number of pyridine rings is 1. The van der Waals surface area contributed by atoms with Crippen LogP contribution in [0.3, 0.4) is 0 Å². The van der Waals surface area contributed by atoms with Gasteiger partial charge in [-0.25, -0.2) is 4.98 Å². The molecular formula is C10H6BrIN4O3. The van der Waals surface area contributed by atoms with E-state index in [4.69, 9.17) is 4.42 Å². The van der Waals surface area contributed by atoms with Crippen LogP contribution in [0, 0.1) is 13.9 Å². The molecule has 1 N–H and O–H groups in total. The highest BCUT2D eigenvalue weighted by Crippen LogP contribution is 2.22. The van der Waals surface area contributed by atoms with Crippen molar-refractivity contribution in [1.82, 2.24) is 4.98 Å². The Labute approximate surface area is 129 Å². The summed E-state index contributed by atoms with van der Waals surface area (Å²) in [5, 5.41) is 14.6. The van der Waals surface area contributed by atoms with Crippen LogP contribution in [0.1, 0.15) is 5.76 Å². The van der Waals surface area contributed by atoms with E-state index >= 15 is 0 Å². The van der Waals surface area contributed by atoms with Gasteiger partial charge in [0.2, 0.25) is 5.82 Å². The van der Waals surface area contributed by atoms with Crippen molar-refractivity contribution in [3.8, 4) is 0 Å². The summed E-state index contributed by atoms with van der Waals surface area (Å²) in [5.74, 6) is 0.589. The first-order chi connectivity index (χ1) is 9.08. The summed E-state index contributed by atoms with van der Waals surface area (Å²) in [5.41, 5.74) is 2.37. The smallest absolute Gasteiger partial charge is 0.313 e. The van der Waals surface area contributed by atoms with E-state index in [2.05, 4.69) is 31.4 Å². The van der Waals surface area contributed by atoms with Crippen molar-refractivity contribution < 1.29 is 9.34 Å². The number of aromatic nitrogens is 1. The van der Waals surface area contributed by atoms with Crippen molar-refractivity contribution in [1.29, 1.82) is 0 Å². The fourth-order valence-electron chi connectivity index (χ4n) is 1.21. The first kappa shape index (κ1) is 13.9. The summed E-state index contributed by atoms with van der Waals surface area (Å²) in [6, 6.07) is 4.57. The van der Waals surface area contributed by atoms with Gasteiger partial charge in [-0.05, 0) is 22.0 Å². The van der Waals surface area contributed by atoms with Gasteiger partial charge in [-0.2, -0.15) is 5.10 Å². The van der Waals surface area contributed by atoms with Gasteiger partial charge in [-0.15, -0.1) is 0 Å². The Hall–Kier alpha value is -1.49. The number of anilines is 1. The molecule has 98 valence electrons. The summed E-state index contributed by atoms with van der Waals surface area (Å²) in [7, 11) is 0. The van der Waals surface area contributed by atoms with Gasteiger partial charge < -0.3 is 4.42 Å². The Morgan fingerprint density at radius 2 is 2.42 bits per heavy atom. The van der Waals surface area contributed by atoms with Crippen molar-refractivity contribution in [2.45, 2.75) is 0 Å². The van der Waals surface area contributed by atoms with Crippen molar-refractivity contribution in [3.05, 3.63) is 48.5 Å². The second-order valence-corrected chi connectivity index (χ2v) is 5.10. The summed E-state index contributed by atoms with van der Waals surface area (Å²) >= 11 is 5.32. The molecule has 0 aliphatic rings. The molecule has 0 aliphatic heterocycles. The quantitative estimate of drug-likeness (QED) is 0.343. The Bertz CT molecular complexity index is 624. The third-order valence-electron chi connectivity index (χ3n) is 2.01. The number of halogens is 2. The Morgan fingerprint density at radius 1 is 1.63 bits per heavy atom. The van der Waals surface area contributed by atoms with Crippen LogP contribution in [0.5, 0.6) is 0 Å². The maximum absolute atomic E-state index is 10.8. The number of hydrogen-bond donors (Lipinski definition) is 1. The summed E-state index contributed by atoms with van der Waals surface area (Å²) in [6.45, 7) is 0. The highest BCUT2D eigenvalue weighted by molar-refractivity contribution is 14.1. The topological polar surface area (TPSA) is 93.6 Å². The van der Waals surface area contributed by atoms with E-state index in [1.165, 1.54) is 24.5 Å². The number of hydrogen-bond acceptors (Lipinski definition) is 6. The van der Waals surface area contributed by atoms with Crippen LogP contribution in [0.2, 0.25) is 0 Å². The van der Waals surface area contributed by atoms with Crippen molar-refractivity contribution >= 4 is 56.2 Å². The van der Waals surface area contributed by atoms with Crippen LogP contribution < -0.4 is 5.43 Å². The normalized spacial score (nSPS) is 10.8. The van der Waals surface area contributed by atoms with E-state index in [1.807, 2.05) is 22.6 Å². The van der Waals surface area contributed by atoms with Crippen LogP contribution in [-0.2, 0) is 0 Å². The second-order valence-electron chi connectivity index (χ2n) is 3.27. The zero-order valence-corrected chi connectivity index (χ0v) is 13.0. The molecule has 2 aromatic heterocycles. The van der Waals surface area contributed by atoms with Gasteiger partial charge in [0.25, 0.3) is 0 Å². The van der Waals surface area contributed by atoms with E-state index in [0.29, 0.717) is 9.53 Å². The minimum Gasteiger partial charge on any atom is -0.448 e. The van der Waals surface area contributed by atoms with Crippen LogP contribution in [0.25, 0.3) is 0 Å². The van der Waals surface area contributed by atoms with Gasteiger partial charge in [0.15, 0.2) is 3.77 Å². The van der Waals surface area contributed by atoms with Crippen LogP contribution >= 0.6 is 38.5 Å². The Kier molecular flexibility index (Phi) is 4.47. The summed E-state index contributed by atoms with van der Waals surface area (Å²) < 4.78 is 6.84. The molecule has 7 nitrogen and oxygen atoms in total. The summed E-state index contributed by atoms with van der Waals surface area (Å²) in [4.78, 5) is 14.1. The number of nitrogens with zero attached hydrogens (tertiary/aromatic N) is 3. The third-order valence-corrected chi connectivity index (χ3v) is 4.14. The van der Waals surface area contributed by atoms with Crippen molar-refractivity contribution in [2.75, 3.05) is 5.43 Å². The average molecular weight is 437 g/mol. The maximum Gasteiger partial charge on any atom is 0.313 e. The molecule has 2 heterocycles. The molecule has 0 radical (unpaired) electrons. The lowest BCUT2D eigenvalue weighted by Crippen LogP contribution is -1.98. The summed E-state index contributed by atoms with van der Waals surface area (Å²) in [6.07, 6.45) is 2.85. The van der Waals surface area contributed by atoms with E-state index in [0.717, 1.165) is 4.47 Å². The molecule has 0 saturated heterocycles. The average Bonchev–Trinajstić information content (AvgIpc) is 2.69. The van der Waals surface area contributed by atoms with Gasteiger partial charge in [0.05, 0.1) is 15.6 Å². The fraction of sp³-hybridized carbons (Fsp3) is 0. The van der Waals surface area contributed by atoms with E-state index < -0.39 is 4.92 Å². The highest BCUT2D eigenvalue weighted by atomic mass is 127. The molecule has 0 amide bonds. The molecule has 2 aromatic rings. The predicted molar refractivity (Wildman–Crippen MR) is 81.2 cm³/mol. The number of nitrogens with one attached hydrogen (secondary N) is 1. The predicted octanol–water partition coefficient (Wildman–Crippen LogP) is 3.40. The van der Waals surface area contributed by atoms with Crippen LogP contribution in [0.15, 0.2) is 38.4 Å². The standard InChI is InChI=1S/C10H6BrIN4O3/c11-7-4-6(19-9(7)12)5-14-15-10-8(16(17)18)2-1-3-13-10/h1-5H,(H,13,15). The zero-order valence-electron chi connectivity index (χ0n) is 9.21. The number of nitro groups is 1. The monoisotopic (exact) mass is 436 g/mol. The molecule has 0 saturated carbocycles. The molecule has 0 aromatic carbocycles. The minimum atomic E-state index is -0.530.